The molecule has 2 aromatic heterocycles. The van der Waals surface area contributed by atoms with E-state index in [0.29, 0.717) is 25.5 Å². The Morgan fingerprint density at radius 2 is 2.30 bits per heavy atom. The molecule has 0 atom stereocenters. The predicted octanol–water partition coefficient (Wildman–Crippen LogP) is 1.50. The van der Waals surface area contributed by atoms with Crippen molar-refractivity contribution in [3.63, 3.8) is 0 Å². The Bertz CT molecular complexity index is 534. The van der Waals surface area contributed by atoms with E-state index in [-0.39, 0.29) is 5.97 Å². The van der Waals surface area contributed by atoms with E-state index in [9.17, 15) is 4.79 Å². The summed E-state index contributed by atoms with van der Waals surface area (Å²) in [6.45, 7) is 6.06. The molecule has 6 heteroatoms. The maximum absolute atomic E-state index is 11.6. The van der Waals surface area contributed by atoms with Crippen LogP contribution in [0, 0.1) is 0 Å². The number of hydrogen-bond donors (Lipinski definition) is 0. The molecular weight excluding hydrogens is 256 g/mol. The monoisotopic (exact) mass is 276 g/mol. The highest BCUT2D eigenvalue weighted by atomic mass is 16.5. The quantitative estimate of drug-likeness (QED) is 0.717. The second-order valence-corrected chi connectivity index (χ2v) is 4.57. The molecule has 0 aliphatic rings. The number of carbonyl (C=O) groups is 1. The number of hydrogen-bond acceptors (Lipinski definition) is 5. The van der Waals surface area contributed by atoms with Crippen molar-refractivity contribution >= 4 is 11.7 Å². The van der Waals surface area contributed by atoms with Gasteiger partial charge in [-0.2, -0.15) is 0 Å². The number of nitrogens with zero attached hydrogens (tertiary/aromatic N) is 4. The van der Waals surface area contributed by atoms with Crippen LogP contribution in [0.4, 0.5) is 0 Å². The lowest BCUT2D eigenvalue weighted by Crippen LogP contribution is -2.31. The van der Waals surface area contributed by atoms with Gasteiger partial charge in [0.2, 0.25) is 5.78 Å². The van der Waals surface area contributed by atoms with E-state index in [1.807, 2.05) is 34.7 Å². The van der Waals surface area contributed by atoms with E-state index in [1.54, 1.807) is 6.20 Å². The average Bonchev–Trinajstić information content (AvgIpc) is 2.81. The highest BCUT2D eigenvalue weighted by Gasteiger charge is 2.13. The van der Waals surface area contributed by atoms with Crippen LogP contribution in [-0.2, 0) is 16.1 Å². The van der Waals surface area contributed by atoms with Crippen LogP contribution in [0.1, 0.15) is 26.0 Å². The number of carbonyl (C=O) groups excluding carboxylic acids is 1. The fraction of sp³-hybridized carbons (Fsp3) is 0.500. The molecule has 0 unspecified atom stereocenters. The smallest absolute Gasteiger partial charge is 0.320 e. The van der Waals surface area contributed by atoms with Crippen molar-refractivity contribution < 1.29 is 9.53 Å². The van der Waals surface area contributed by atoms with Crippen molar-refractivity contribution in [2.24, 2.45) is 0 Å². The van der Waals surface area contributed by atoms with Gasteiger partial charge >= 0.3 is 5.97 Å². The standard InChI is InChI=1S/C14H20N4O2/c1-3-7-17(11-13(19)20-4-2)9-12-10-18-8-5-6-15-14(18)16-12/h5-6,8,10H,3-4,7,9,11H2,1-2H3. The maximum atomic E-state index is 11.6. The molecule has 0 aliphatic carbocycles. The van der Waals surface area contributed by atoms with Crippen molar-refractivity contribution in [1.29, 1.82) is 0 Å². The molecule has 2 heterocycles. The molecule has 0 aromatic carbocycles. The van der Waals surface area contributed by atoms with E-state index in [0.717, 1.165) is 18.7 Å². The predicted molar refractivity (Wildman–Crippen MR) is 75.2 cm³/mol. The van der Waals surface area contributed by atoms with Gasteiger partial charge in [-0.1, -0.05) is 6.92 Å². The Balaban J connectivity index is 2.04. The molecule has 6 nitrogen and oxygen atoms in total. The number of imidazole rings is 1. The molecule has 0 aliphatic heterocycles. The van der Waals surface area contributed by atoms with E-state index >= 15 is 0 Å². The molecule has 0 amide bonds. The van der Waals surface area contributed by atoms with Gasteiger partial charge in [-0.3, -0.25) is 14.1 Å². The summed E-state index contributed by atoms with van der Waals surface area (Å²) in [5.41, 5.74) is 0.904. The van der Waals surface area contributed by atoms with Crippen LogP contribution in [0.25, 0.3) is 5.78 Å². The zero-order valence-electron chi connectivity index (χ0n) is 12.0. The Morgan fingerprint density at radius 3 is 3.00 bits per heavy atom. The summed E-state index contributed by atoms with van der Waals surface area (Å²) >= 11 is 0. The lowest BCUT2D eigenvalue weighted by atomic mass is 10.3. The zero-order valence-corrected chi connectivity index (χ0v) is 12.0. The summed E-state index contributed by atoms with van der Waals surface area (Å²) in [5, 5.41) is 0. The third-order valence-electron chi connectivity index (χ3n) is 2.87. The van der Waals surface area contributed by atoms with Crippen LogP contribution in [0.2, 0.25) is 0 Å². The minimum Gasteiger partial charge on any atom is -0.465 e. The fourth-order valence-corrected chi connectivity index (χ4v) is 2.10. The number of ether oxygens (including phenoxy) is 1. The first-order valence-electron chi connectivity index (χ1n) is 6.89. The van der Waals surface area contributed by atoms with Crippen molar-refractivity contribution in [1.82, 2.24) is 19.3 Å². The summed E-state index contributed by atoms with van der Waals surface area (Å²) in [6, 6.07) is 1.86. The first-order valence-corrected chi connectivity index (χ1v) is 6.89. The van der Waals surface area contributed by atoms with Crippen molar-refractivity contribution in [3.05, 3.63) is 30.4 Å². The largest absolute Gasteiger partial charge is 0.465 e. The summed E-state index contributed by atoms with van der Waals surface area (Å²) in [4.78, 5) is 22.3. The van der Waals surface area contributed by atoms with E-state index in [2.05, 4.69) is 16.9 Å². The van der Waals surface area contributed by atoms with Gasteiger partial charge in [0.25, 0.3) is 0 Å². The molecule has 2 aromatic rings. The third-order valence-corrected chi connectivity index (χ3v) is 2.87. The Kier molecular flexibility index (Phi) is 5.06. The minimum absolute atomic E-state index is 0.192. The van der Waals surface area contributed by atoms with Gasteiger partial charge in [-0.15, -0.1) is 0 Å². The molecule has 0 N–H and O–H groups in total. The SMILES string of the molecule is CCCN(CC(=O)OCC)Cc1cn2cccnc2n1. The second-order valence-electron chi connectivity index (χ2n) is 4.57. The topological polar surface area (TPSA) is 59.7 Å². The summed E-state index contributed by atoms with van der Waals surface area (Å²) < 4.78 is 6.88. The maximum Gasteiger partial charge on any atom is 0.320 e. The first kappa shape index (κ1) is 14.5. The molecular formula is C14H20N4O2. The van der Waals surface area contributed by atoms with Crippen LogP contribution in [0.5, 0.6) is 0 Å². The molecule has 0 radical (unpaired) electrons. The number of esters is 1. The second kappa shape index (κ2) is 7.00. The van der Waals surface area contributed by atoms with Gasteiger partial charge in [0.1, 0.15) is 0 Å². The van der Waals surface area contributed by atoms with Crippen LogP contribution in [0.15, 0.2) is 24.7 Å². The third kappa shape index (κ3) is 3.77. The number of rotatable bonds is 7. The van der Waals surface area contributed by atoms with Gasteiger partial charge in [0.15, 0.2) is 0 Å². The molecule has 20 heavy (non-hydrogen) atoms. The molecule has 0 spiro atoms. The number of fused-ring (bicyclic) bond motifs is 1. The van der Waals surface area contributed by atoms with Crippen LogP contribution in [-0.4, -0.2) is 44.9 Å². The minimum atomic E-state index is -0.192. The molecule has 108 valence electrons. The van der Waals surface area contributed by atoms with Crippen LogP contribution in [0.3, 0.4) is 0 Å². The van der Waals surface area contributed by atoms with Crippen LogP contribution < -0.4 is 0 Å². The van der Waals surface area contributed by atoms with Gasteiger partial charge in [-0.05, 0) is 26.0 Å². The molecule has 0 bridgehead atoms. The fourth-order valence-electron chi connectivity index (χ4n) is 2.10. The summed E-state index contributed by atoms with van der Waals surface area (Å²) in [7, 11) is 0. The number of aromatic nitrogens is 3. The molecule has 0 fully saturated rings. The van der Waals surface area contributed by atoms with Gasteiger partial charge in [0, 0.05) is 25.1 Å². The van der Waals surface area contributed by atoms with Crippen molar-refractivity contribution in [2.45, 2.75) is 26.8 Å². The van der Waals surface area contributed by atoms with Crippen molar-refractivity contribution in [2.75, 3.05) is 19.7 Å². The molecule has 2 rings (SSSR count). The average molecular weight is 276 g/mol. The van der Waals surface area contributed by atoms with Gasteiger partial charge < -0.3 is 4.74 Å². The zero-order chi connectivity index (χ0) is 14.4. The van der Waals surface area contributed by atoms with Crippen molar-refractivity contribution in [3.8, 4) is 0 Å². The lowest BCUT2D eigenvalue weighted by Gasteiger charge is -2.19. The highest BCUT2D eigenvalue weighted by molar-refractivity contribution is 5.71. The van der Waals surface area contributed by atoms with E-state index in [4.69, 9.17) is 4.74 Å². The van der Waals surface area contributed by atoms with E-state index < -0.39 is 0 Å². The van der Waals surface area contributed by atoms with Crippen LogP contribution >= 0.6 is 0 Å². The van der Waals surface area contributed by atoms with Gasteiger partial charge in [0.05, 0.1) is 18.8 Å². The summed E-state index contributed by atoms with van der Waals surface area (Å²) in [5.74, 6) is 0.484. The Morgan fingerprint density at radius 1 is 1.45 bits per heavy atom. The Hall–Kier alpha value is -1.95. The molecule has 0 saturated heterocycles. The summed E-state index contributed by atoms with van der Waals surface area (Å²) in [6.07, 6.45) is 6.55. The first-order chi connectivity index (χ1) is 9.72. The lowest BCUT2D eigenvalue weighted by molar-refractivity contribution is -0.144. The normalized spacial score (nSPS) is 11.2. The highest BCUT2D eigenvalue weighted by Crippen LogP contribution is 2.06. The van der Waals surface area contributed by atoms with E-state index in [1.165, 1.54) is 0 Å². The van der Waals surface area contributed by atoms with Gasteiger partial charge in [-0.25, -0.2) is 9.97 Å². The molecule has 0 saturated carbocycles. The Labute approximate surface area is 118 Å².